The molecule has 3 aliphatic rings. The number of fused-ring (bicyclic) bond motifs is 5. The van der Waals surface area contributed by atoms with Crippen molar-refractivity contribution in [1.82, 2.24) is 5.32 Å². The Morgan fingerprint density at radius 2 is 1.88 bits per heavy atom. The summed E-state index contributed by atoms with van der Waals surface area (Å²) in [6.45, 7) is 1.76. The molecule has 3 rings (SSSR count). The van der Waals surface area contributed by atoms with E-state index in [9.17, 15) is 9.59 Å². The Morgan fingerprint density at radius 1 is 1.29 bits per heavy atom. The summed E-state index contributed by atoms with van der Waals surface area (Å²) < 4.78 is 0. The monoisotopic (exact) mass is 237 g/mol. The van der Waals surface area contributed by atoms with Gasteiger partial charge in [0.25, 0.3) is 0 Å². The van der Waals surface area contributed by atoms with E-state index in [-0.39, 0.29) is 24.3 Å². The normalized spacial score (nSPS) is 43.0. The van der Waals surface area contributed by atoms with Crippen LogP contribution >= 0.6 is 0 Å². The molecule has 0 aromatic heterocycles. The zero-order valence-electron chi connectivity index (χ0n) is 10.1. The number of hydrogen-bond donors (Lipinski definition) is 2. The lowest BCUT2D eigenvalue weighted by Crippen LogP contribution is -2.36. The topological polar surface area (TPSA) is 66.4 Å². The quantitative estimate of drug-likeness (QED) is 0.773. The van der Waals surface area contributed by atoms with Crippen LogP contribution in [0.1, 0.15) is 32.6 Å². The maximum atomic E-state index is 12.0. The van der Waals surface area contributed by atoms with E-state index in [4.69, 9.17) is 5.11 Å². The lowest BCUT2D eigenvalue weighted by Gasteiger charge is -2.13. The van der Waals surface area contributed by atoms with Crippen molar-refractivity contribution >= 4 is 11.9 Å². The van der Waals surface area contributed by atoms with Crippen LogP contribution in [0.15, 0.2) is 0 Å². The first-order chi connectivity index (χ1) is 8.08. The molecule has 3 saturated carbocycles. The van der Waals surface area contributed by atoms with Crippen molar-refractivity contribution in [2.45, 2.75) is 38.6 Å². The summed E-state index contributed by atoms with van der Waals surface area (Å²) in [7, 11) is 0. The van der Waals surface area contributed by atoms with Gasteiger partial charge in [-0.2, -0.15) is 0 Å². The second-order valence-corrected chi connectivity index (χ2v) is 6.02. The van der Waals surface area contributed by atoms with Gasteiger partial charge in [0.2, 0.25) is 5.91 Å². The Balaban J connectivity index is 1.54. The molecule has 3 fully saturated rings. The third kappa shape index (κ3) is 1.74. The van der Waals surface area contributed by atoms with Gasteiger partial charge in [-0.3, -0.25) is 9.59 Å². The first-order valence-corrected chi connectivity index (χ1v) is 6.60. The van der Waals surface area contributed by atoms with Gasteiger partial charge in [-0.25, -0.2) is 0 Å². The van der Waals surface area contributed by atoms with Gasteiger partial charge in [0, 0.05) is 12.0 Å². The van der Waals surface area contributed by atoms with Crippen LogP contribution in [0.3, 0.4) is 0 Å². The molecule has 0 aromatic carbocycles. The van der Waals surface area contributed by atoms with Crippen molar-refractivity contribution in [3.05, 3.63) is 0 Å². The number of carbonyl (C=O) groups excluding carboxylic acids is 1. The molecular weight excluding hydrogens is 218 g/mol. The van der Waals surface area contributed by atoms with E-state index in [2.05, 4.69) is 5.32 Å². The van der Waals surface area contributed by atoms with Gasteiger partial charge in [0.1, 0.15) is 0 Å². The fraction of sp³-hybridized carbons (Fsp3) is 0.846. The average molecular weight is 237 g/mol. The molecule has 0 saturated heterocycles. The van der Waals surface area contributed by atoms with Gasteiger partial charge in [-0.05, 0) is 49.9 Å². The molecule has 1 amide bonds. The molecule has 94 valence electrons. The third-order valence-corrected chi connectivity index (χ3v) is 4.91. The minimum atomic E-state index is -0.853. The highest BCUT2D eigenvalue weighted by molar-refractivity contribution is 5.83. The van der Waals surface area contributed by atoms with Crippen LogP contribution in [0.5, 0.6) is 0 Å². The number of aliphatic carboxylic acids is 1. The Kier molecular flexibility index (Phi) is 2.42. The summed E-state index contributed by atoms with van der Waals surface area (Å²) in [6.07, 6.45) is 3.96. The number of carboxylic acids is 1. The maximum absolute atomic E-state index is 12.0. The SMILES string of the molecule is CC(CC(=O)O)NC(=O)C1C2C3CCC(C3)C12. The number of amides is 1. The molecule has 4 nitrogen and oxygen atoms in total. The van der Waals surface area contributed by atoms with E-state index in [1.54, 1.807) is 6.92 Å². The number of rotatable bonds is 4. The van der Waals surface area contributed by atoms with Gasteiger partial charge < -0.3 is 10.4 Å². The lowest BCUT2D eigenvalue weighted by atomic mass is 10.0. The van der Waals surface area contributed by atoms with Crippen molar-refractivity contribution in [3.8, 4) is 0 Å². The predicted octanol–water partition coefficient (Wildman–Crippen LogP) is 1.26. The van der Waals surface area contributed by atoms with E-state index in [1.165, 1.54) is 19.3 Å². The maximum Gasteiger partial charge on any atom is 0.305 e. The number of carbonyl (C=O) groups is 2. The molecule has 0 aliphatic heterocycles. The van der Waals surface area contributed by atoms with Gasteiger partial charge in [-0.15, -0.1) is 0 Å². The highest BCUT2D eigenvalue weighted by Gasteiger charge is 2.67. The van der Waals surface area contributed by atoms with Gasteiger partial charge in [0.15, 0.2) is 0 Å². The minimum absolute atomic E-state index is 0.0145. The number of hydrogen-bond acceptors (Lipinski definition) is 2. The van der Waals surface area contributed by atoms with E-state index < -0.39 is 5.97 Å². The molecule has 0 heterocycles. The van der Waals surface area contributed by atoms with Crippen molar-refractivity contribution in [2.75, 3.05) is 0 Å². The van der Waals surface area contributed by atoms with Crippen LogP contribution < -0.4 is 5.32 Å². The molecule has 0 radical (unpaired) electrons. The van der Waals surface area contributed by atoms with Crippen molar-refractivity contribution < 1.29 is 14.7 Å². The molecule has 2 N–H and O–H groups in total. The lowest BCUT2D eigenvalue weighted by molar-refractivity contribution is -0.137. The molecule has 0 spiro atoms. The summed E-state index contributed by atoms with van der Waals surface area (Å²) in [5.41, 5.74) is 0. The Hall–Kier alpha value is -1.06. The van der Waals surface area contributed by atoms with Crippen LogP contribution in [0.2, 0.25) is 0 Å². The van der Waals surface area contributed by atoms with Crippen molar-refractivity contribution in [2.24, 2.45) is 29.6 Å². The molecule has 3 aliphatic carbocycles. The summed E-state index contributed by atoms with van der Waals surface area (Å²) in [6, 6.07) is -0.251. The zero-order valence-corrected chi connectivity index (χ0v) is 10.1. The summed E-state index contributed by atoms with van der Waals surface area (Å²) >= 11 is 0. The number of nitrogens with one attached hydrogen (secondary N) is 1. The molecule has 5 atom stereocenters. The predicted molar refractivity (Wildman–Crippen MR) is 61.2 cm³/mol. The highest BCUT2D eigenvalue weighted by Crippen LogP contribution is 2.69. The molecular formula is C13H19NO3. The van der Waals surface area contributed by atoms with Gasteiger partial charge in [-0.1, -0.05) is 0 Å². The Labute approximate surface area is 101 Å². The average Bonchev–Trinajstić information content (AvgIpc) is 2.67. The van der Waals surface area contributed by atoms with Crippen molar-refractivity contribution in [3.63, 3.8) is 0 Å². The van der Waals surface area contributed by atoms with Crippen LogP contribution in [-0.2, 0) is 9.59 Å². The molecule has 4 heteroatoms. The first kappa shape index (κ1) is 11.1. The second kappa shape index (κ2) is 3.72. The third-order valence-electron chi connectivity index (χ3n) is 4.91. The summed E-state index contributed by atoms with van der Waals surface area (Å²) in [5, 5.41) is 11.5. The number of carboxylic acid groups (broad SMARTS) is 1. The van der Waals surface area contributed by atoms with E-state index in [0.29, 0.717) is 11.8 Å². The van der Waals surface area contributed by atoms with Crippen LogP contribution in [0, 0.1) is 29.6 Å². The minimum Gasteiger partial charge on any atom is -0.481 e. The van der Waals surface area contributed by atoms with Crippen molar-refractivity contribution in [1.29, 1.82) is 0 Å². The second-order valence-electron chi connectivity index (χ2n) is 6.02. The summed E-state index contributed by atoms with van der Waals surface area (Å²) in [4.78, 5) is 22.6. The van der Waals surface area contributed by atoms with Crippen LogP contribution in [0.25, 0.3) is 0 Å². The van der Waals surface area contributed by atoms with E-state index >= 15 is 0 Å². The molecule has 0 aromatic rings. The largest absolute Gasteiger partial charge is 0.481 e. The van der Waals surface area contributed by atoms with Crippen LogP contribution in [-0.4, -0.2) is 23.0 Å². The van der Waals surface area contributed by atoms with E-state index in [1.807, 2.05) is 0 Å². The first-order valence-electron chi connectivity index (χ1n) is 6.60. The van der Waals surface area contributed by atoms with E-state index in [0.717, 1.165) is 11.8 Å². The Bertz CT molecular complexity index is 352. The standard InChI is InChI=1S/C13H19NO3/c1-6(4-9(15)16)14-13(17)12-10-7-2-3-8(5-7)11(10)12/h6-8,10-12H,2-5H2,1H3,(H,14,17)(H,15,16). The Morgan fingerprint density at radius 3 is 2.41 bits per heavy atom. The van der Waals surface area contributed by atoms with Gasteiger partial charge in [0.05, 0.1) is 6.42 Å². The zero-order chi connectivity index (χ0) is 12.2. The smallest absolute Gasteiger partial charge is 0.305 e. The fourth-order valence-electron chi connectivity index (χ4n) is 4.33. The molecule has 5 unspecified atom stereocenters. The molecule has 17 heavy (non-hydrogen) atoms. The molecule has 2 bridgehead atoms. The van der Waals surface area contributed by atoms with Gasteiger partial charge >= 0.3 is 5.97 Å². The highest BCUT2D eigenvalue weighted by atomic mass is 16.4. The van der Waals surface area contributed by atoms with Crippen LogP contribution in [0.4, 0.5) is 0 Å². The summed E-state index contributed by atoms with van der Waals surface area (Å²) in [5.74, 6) is 2.29. The fourth-order valence-corrected chi connectivity index (χ4v) is 4.33.